The van der Waals surface area contributed by atoms with E-state index in [-0.39, 0.29) is 30.3 Å². The summed E-state index contributed by atoms with van der Waals surface area (Å²) in [5.74, 6) is -0.534. The number of nitro groups is 1. The second-order valence-electron chi connectivity index (χ2n) is 8.52. The van der Waals surface area contributed by atoms with Crippen molar-refractivity contribution in [1.82, 2.24) is 9.71 Å². The van der Waals surface area contributed by atoms with Crippen LogP contribution in [0.3, 0.4) is 0 Å². The number of amides is 1. The zero-order valence-corrected chi connectivity index (χ0v) is 21.2. The Balaban J connectivity index is 1.33. The number of aromatic amines is 1. The summed E-state index contributed by atoms with van der Waals surface area (Å²) in [7, 11) is -4.49. The van der Waals surface area contributed by atoms with E-state index in [4.69, 9.17) is 18.9 Å². The van der Waals surface area contributed by atoms with E-state index in [1.54, 1.807) is 30.5 Å². The number of para-hydroxylation sites is 1. The molecule has 0 radical (unpaired) electrons. The van der Waals surface area contributed by atoms with Gasteiger partial charge >= 0.3 is 5.69 Å². The number of fused-ring (bicyclic) bond motifs is 1. The molecule has 12 nitrogen and oxygen atoms in total. The minimum Gasteiger partial charge on any atom is -0.484 e. The van der Waals surface area contributed by atoms with Gasteiger partial charge in [0.15, 0.2) is 5.75 Å². The third-order valence-corrected chi connectivity index (χ3v) is 7.19. The molecule has 0 unspecified atom stereocenters. The van der Waals surface area contributed by atoms with Crippen LogP contribution in [0.2, 0.25) is 0 Å². The topological polar surface area (TPSA) is 159 Å². The summed E-state index contributed by atoms with van der Waals surface area (Å²) in [5, 5.41) is 12.5. The highest BCUT2D eigenvalue weighted by atomic mass is 32.2. The lowest BCUT2D eigenvalue weighted by atomic mass is 10.2. The van der Waals surface area contributed by atoms with Crippen molar-refractivity contribution in [2.45, 2.75) is 11.0 Å². The van der Waals surface area contributed by atoms with Gasteiger partial charge in [0, 0.05) is 23.2 Å². The Kier molecular flexibility index (Phi) is 7.45. The zero-order chi connectivity index (χ0) is 27.4. The standard InChI is InChI=1S/C26H23N3O9S/c30-26(21-3-1-2-4-24(21)38-18-5-7-22-17(13-18)9-10-27-22)28-39(33,34)20-6-8-25(23(14-20)29(31)32)37-16-19-15-35-11-12-36-19/h1-10,13-14,19,27H,11-12,15-16H2,(H,28,30)/t19-/m1/s1. The Morgan fingerprint density at radius 2 is 1.92 bits per heavy atom. The van der Waals surface area contributed by atoms with Crippen molar-refractivity contribution >= 4 is 32.5 Å². The van der Waals surface area contributed by atoms with E-state index in [9.17, 15) is 23.3 Å². The van der Waals surface area contributed by atoms with Gasteiger partial charge in [-0.1, -0.05) is 12.1 Å². The molecule has 1 aliphatic heterocycles. The molecule has 1 amide bonds. The number of ether oxygens (including phenoxy) is 4. The monoisotopic (exact) mass is 553 g/mol. The molecule has 1 atom stereocenters. The smallest absolute Gasteiger partial charge is 0.312 e. The van der Waals surface area contributed by atoms with E-state index in [0.717, 1.165) is 29.1 Å². The molecule has 39 heavy (non-hydrogen) atoms. The second-order valence-corrected chi connectivity index (χ2v) is 10.2. The third-order valence-electron chi connectivity index (χ3n) is 5.86. The Morgan fingerprint density at radius 3 is 2.72 bits per heavy atom. The van der Waals surface area contributed by atoms with E-state index >= 15 is 0 Å². The first-order chi connectivity index (χ1) is 18.8. The number of rotatable bonds is 9. The van der Waals surface area contributed by atoms with Crippen molar-refractivity contribution in [2.24, 2.45) is 0 Å². The maximum absolute atomic E-state index is 13.0. The number of benzene rings is 3. The van der Waals surface area contributed by atoms with E-state index in [1.807, 2.05) is 16.9 Å². The average Bonchev–Trinajstić information content (AvgIpc) is 3.40. The maximum Gasteiger partial charge on any atom is 0.312 e. The number of carbonyl (C=O) groups is 1. The van der Waals surface area contributed by atoms with Gasteiger partial charge in [-0.25, -0.2) is 13.1 Å². The predicted molar refractivity (Wildman–Crippen MR) is 139 cm³/mol. The summed E-state index contributed by atoms with van der Waals surface area (Å²) >= 11 is 0. The van der Waals surface area contributed by atoms with Gasteiger partial charge in [-0.2, -0.15) is 0 Å². The largest absolute Gasteiger partial charge is 0.484 e. The normalized spacial score (nSPS) is 15.5. The molecule has 1 saturated heterocycles. The molecule has 2 heterocycles. The van der Waals surface area contributed by atoms with Crippen LogP contribution < -0.4 is 14.2 Å². The van der Waals surface area contributed by atoms with Gasteiger partial charge in [-0.3, -0.25) is 14.9 Å². The Hall–Kier alpha value is -4.46. The first-order valence-electron chi connectivity index (χ1n) is 11.8. The summed E-state index contributed by atoms with van der Waals surface area (Å²) in [6.45, 7) is 1.09. The summed E-state index contributed by atoms with van der Waals surface area (Å²) in [4.78, 5) is 26.5. The van der Waals surface area contributed by atoms with Crippen LogP contribution in [0.1, 0.15) is 10.4 Å². The van der Waals surface area contributed by atoms with Crippen LogP contribution in [-0.2, 0) is 19.5 Å². The van der Waals surface area contributed by atoms with Gasteiger partial charge in [-0.15, -0.1) is 0 Å². The zero-order valence-electron chi connectivity index (χ0n) is 20.4. The number of nitrogens with one attached hydrogen (secondary N) is 2. The minimum atomic E-state index is -4.49. The van der Waals surface area contributed by atoms with Crippen molar-refractivity contribution in [3.05, 3.63) is 88.6 Å². The Morgan fingerprint density at radius 1 is 1.08 bits per heavy atom. The highest BCUT2D eigenvalue weighted by Gasteiger charge is 2.26. The van der Waals surface area contributed by atoms with Crippen LogP contribution in [-0.4, -0.2) is 56.8 Å². The Labute approximate surface area is 222 Å². The van der Waals surface area contributed by atoms with Gasteiger partial charge in [0.1, 0.15) is 24.2 Å². The van der Waals surface area contributed by atoms with Crippen LogP contribution in [0.15, 0.2) is 77.8 Å². The van der Waals surface area contributed by atoms with Gasteiger partial charge in [-0.05, 0) is 48.5 Å². The third kappa shape index (κ3) is 6.00. The molecule has 2 N–H and O–H groups in total. The fraction of sp³-hybridized carbons (Fsp3) is 0.192. The molecule has 1 fully saturated rings. The van der Waals surface area contributed by atoms with Crippen molar-refractivity contribution in [2.75, 3.05) is 26.4 Å². The van der Waals surface area contributed by atoms with Crippen molar-refractivity contribution in [1.29, 1.82) is 0 Å². The molecule has 13 heteroatoms. The first kappa shape index (κ1) is 26.2. The number of nitro benzene ring substituents is 1. The Bertz CT molecular complexity index is 1630. The average molecular weight is 554 g/mol. The number of sulfonamides is 1. The highest BCUT2D eigenvalue weighted by molar-refractivity contribution is 7.90. The summed E-state index contributed by atoms with van der Waals surface area (Å²) in [6.07, 6.45) is 1.37. The number of hydrogen-bond donors (Lipinski definition) is 2. The van der Waals surface area contributed by atoms with E-state index in [2.05, 4.69) is 4.98 Å². The van der Waals surface area contributed by atoms with Crippen LogP contribution >= 0.6 is 0 Å². The molecule has 202 valence electrons. The predicted octanol–water partition coefficient (Wildman–Crippen LogP) is 3.78. The van der Waals surface area contributed by atoms with E-state index < -0.39 is 37.5 Å². The molecule has 0 saturated carbocycles. The molecule has 0 spiro atoms. The second kappa shape index (κ2) is 11.1. The molecule has 4 aromatic rings. The minimum absolute atomic E-state index is 0.0164. The van der Waals surface area contributed by atoms with Gasteiger partial charge < -0.3 is 23.9 Å². The van der Waals surface area contributed by atoms with E-state index in [1.165, 1.54) is 12.1 Å². The molecular weight excluding hydrogens is 530 g/mol. The van der Waals surface area contributed by atoms with Crippen molar-refractivity contribution < 1.29 is 37.1 Å². The molecule has 1 aliphatic rings. The molecule has 0 bridgehead atoms. The number of aromatic nitrogens is 1. The van der Waals surface area contributed by atoms with Gasteiger partial charge in [0.2, 0.25) is 0 Å². The molecular formula is C26H23N3O9S. The number of hydrogen-bond acceptors (Lipinski definition) is 9. The quantitative estimate of drug-likeness (QED) is 0.232. The summed E-state index contributed by atoms with van der Waals surface area (Å²) < 4.78 is 50.1. The van der Waals surface area contributed by atoms with Crippen LogP contribution in [0.4, 0.5) is 5.69 Å². The molecule has 3 aromatic carbocycles. The van der Waals surface area contributed by atoms with Gasteiger partial charge in [0.05, 0.1) is 35.2 Å². The van der Waals surface area contributed by atoms with Crippen LogP contribution in [0.5, 0.6) is 17.2 Å². The van der Waals surface area contributed by atoms with Gasteiger partial charge in [0.25, 0.3) is 15.9 Å². The highest BCUT2D eigenvalue weighted by Crippen LogP contribution is 2.31. The van der Waals surface area contributed by atoms with Crippen LogP contribution in [0.25, 0.3) is 10.9 Å². The number of H-pyrrole nitrogens is 1. The lowest BCUT2D eigenvalue weighted by Crippen LogP contribution is -2.33. The van der Waals surface area contributed by atoms with Crippen molar-refractivity contribution in [3.8, 4) is 17.2 Å². The maximum atomic E-state index is 13.0. The SMILES string of the molecule is O=C(NS(=O)(=O)c1ccc(OC[C@H]2COCCO2)c([N+](=O)[O-])c1)c1ccccc1Oc1ccc2[nH]ccc2c1. The first-order valence-corrected chi connectivity index (χ1v) is 13.3. The van der Waals surface area contributed by atoms with Crippen LogP contribution in [0, 0.1) is 10.1 Å². The summed E-state index contributed by atoms with van der Waals surface area (Å²) in [6, 6.07) is 16.4. The summed E-state index contributed by atoms with van der Waals surface area (Å²) in [5.41, 5.74) is 0.284. The molecule has 5 rings (SSSR count). The van der Waals surface area contributed by atoms with Crippen molar-refractivity contribution in [3.63, 3.8) is 0 Å². The number of nitrogens with zero attached hydrogens (tertiary/aromatic N) is 1. The lowest BCUT2D eigenvalue weighted by molar-refractivity contribution is -0.386. The molecule has 1 aromatic heterocycles. The fourth-order valence-electron chi connectivity index (χ4n) is 3.95. The van der Waals surface area contributed by atoms with E-state index in [0.29, 0.717) is 19.0 Å². The lowest BCUT2D eigenvalue weighted by Gasteiger charge is -2.22. The fourth-order valence-corrected chi connectivity index (χ4v) is 4.93. The number of carbonyl (C=O) groups excluding carboxylic acids is 1. The molecule has 0 aliphatic carbocycles.